The Labute approximate surface area is 127 Å². The molecule has 2 atom stereocenters. The summed E-state index contributed by atoms with van der Waals surface area (Å²) < 4.78 is 7.06. The number of amides is 1. The quantitative estimate of drug-likeness (QED) is 0.839. The molecule has 2 aromatic rings. The maximum atomic E-state index is 12.4. The van der Waals surface area contributed by atoms with Gasteiger partial charge in [-0.3, -0.25) is 9.69 Å². The number of carbonyl (C=O) groups is 1. The molecule has 2 saturated heterocycles. The number of fused-ring (bicyclic) bond motifs is 1. The number of aromatic nitrogens is 4. The van der Waals surface area contributed by atoms with E-state index in [2.05, 4.69) is 25.3 Å². The molecule has 8 heteroatoms. The Morgan fingerprint density at radius 2 is 2.18 bits per heavy atom. The normalized spacial score (nSPS) is 25.8. The lowest BCUT2D eigenvalue weighted by Crippen LogP contribution is -2.50. The first-order valence-electron chi connectivity index (χ1n) is 7.61. The number of nitrogens with zero attached hydrogens (tertiary/aromatic N) is 5. The highest BCUT2D eigenvalue weighted by atomic mass is 16.5. The van der Waals surface area contributed by atoms with E-state index in [1.165, 1.54) is 17.4 Å². The predicted molar refractivity (Wildman–Crippen MR) is 77.5 cm³/mol. The molecule has 22 heavy (non-hydrogen) atoms. The number of hydrogen-bond acceptors (Lipinski definition) is 6. The van der Waals surface area contributed by atoms with Gasteiger partial charge in [-0.25, -0.2) is 9.50 Å². The lowest BCUT2D eigenvalue weighted by atomic mass is 10.1. The van der Waals surface area contributed by atoms with Gasteiger partial charge in [-0.15, -0.1) is 5.10 Å². The Hall–Kier alpha value is -2.06. The minimum Gasteiger partial charge on any atom is -0.378 e. The molecule has 116 valence electrons. The summed E-state index contributed by atoms with van der Waals surface area (Å²) in [6, 6.07) is 1.99. The fourth-order valence-electron chi connectivity index (χ4n) is 3.18. The average molecular weight is 302 g/mol. The van der Waals surface area contributed by atoms with Crippen LogP contribution in [-0.2, 0) is 4.74 Å². The molecule has 0 aliphatic carbocycles. The van der Waals surface area contributed by atoms with E-state index in [9.17, 15) is 4.79 Å². The van der Waals surface area contributed by atoms with Crippen LogP contribution in [0.1, 0.15) is 23.5 Å². The highest BCUT2D eigenvalue weighted by Gasteiger charge is 2.35. The molecule has 0 aromatic carbocycles. The second-order valence-electron chi connectivity index (χ2n) is 5.73. The van der Waals surface area contributed by atoms with Crippen molar-refractivity contribution in [3.8, 4) is 0 Å². The molecule has 4 rings (SSSR count). The van der Waals surface area contributed by atoms with Crippen molar-refractivity contribution < 1.29 is 9.53 Å². The van der Waals surface area contributed by atoms with E-state index in [0.717, 1.165) is 13.1 Å². The largest absolute Gasteiger partial charge is 0.378 e. The zero-order chi connectivity index (χ0) is 14.9. The zero-order valence-corrected chi connectivity index (χ0v) is 12.2. The van der Waals surface area contributed by atoms with Gasteiger partial charge >= 0.3 is 0 Å². The van der Waals surface area contributed by atoms with Crippen LogP contribution in [0.4, 0.5) is 0 Å². The van der Waals surface area contributed by atoms with Crippen molar-refractivity contribution >= 4 is 11.7 Å². The van der Waals surface area contributed by atoms with Crippen LogP contribution in [0.25, 0.3) is 5.78 Å². The maximum Gasteiger partial charge on any atom is 0.291 e. The van der Waals surface area contributed by atoms with Gasteiger partial charge in [-0.1, -0.05) is 0 Å². The molecular formula is C14H18N6O2. The zero-order valence-electron chi connectivity index (χ0n) is 12.2. The molecule has 2 aliphatic heterocycles. The van der Waals surface area contributed by atoms with Gasteiger partial charge in [0.1, 0.15) is 0 Å². The van der Waals surface area contributed by atoms with Gasteiger partial charge in [0.25, 0.3) is 11.7 Å². The van der Waals surface area contributed by atoms with Crippen molar-refractivity contribution in [3.63, 3.8) is 0 Å². The first-order chi connectivity index (χ1) is 10.8. The van der Waals surface area contributed by atoms with Crippen LogP contribution in [0.3, 0.4) is 0 Å². The Kier molecular flexibility index (Phi) is 3.47. The molecule has 0 radical (unpaired) electrons. The summed E-state index contributed by atoms with van der Waals surface area (Å²) in [7, 11) is 0. The van der Waals surface area contributed by atoms with Crippen LogP contribution in [0.2, 0.25) is 0 Å². The molecular weight excluding hydrogens is 284 g/mol. The fourth-order valence-corrected chi connectivity index (χ4v) is 3.18. The number of carbonyl (C=O) groups excluding carboxylic acids is 1. The van der Waals surface area contributed by atoms with E-state index < -0.39 is 0 Å². The van der Waals surface area contributed by atoms with Crippen molar-refractivity contribution in [1.29, 1.82) is 0 Å². The molecule has 4 heterocycles. The summed E-state index contributed by atoms with van der Waals surface area (Å²) in [4.78, 5) is 23.0. The van der Waals surface area contributed by atoms with Crippen LogP contribution in [0.15, 0.2) is 18.5 Å². The molecule has 2 aliphatic rings. The van der Waals surface area contributed by atoms with Gasteiger partial charge in [0.2, 0.25) is 5.82 Å². The number of likely N-dealkylation sites (tertiary alicyclic amines) is 1. The topological polar surface area (TPSA) is 84.6 Å². The summed E-state index contributed by atoms with van der Waals surface area (Å²) in [5.41, 5.74) is 0. The highest BCUT2D eigenvalue weighted by Crippen LogP contribution is 2.19. The molecule has 0 bridgehead atoms. The molecule has 1 amide bonds. The Morgan fingerprint density at radius 1 is 1.32 bits per heavy atom. The van der Waals surface area contributed by atoms with Crippen LogP contribution >= 0.6 is 0 Å². The van der Waals surface area contributed by atoms with E-state index in [-0.39, 0.29) is 23.8 Å². The molecule has 2 fully saturated rings. The van der Waals surface area contributed by atoms with Gasteiger partial charge in [-0.2, -0.15) is 4.98 Å². The predicted octanol–water partition coefficient (Wildman–Crippen LogP) is -0.283. The molecule has 0 spiro atoms. The number of ether oxygens (including phenoxy) is 1. The third kappa shape index (κ3) is 2.44. The lowest BCUT2D eigenvalue weighted by molar-refractivity contribution is 0.0906. The smallest absolute Gasteiger partial charge is 0.291 e. The Morgan fingerprint density at radius 3 is 3.00 bits per heavy atom. The minimum atomic E-state index is -0.273. The van der Waals surface area contributed by atoms with Crippen LogP contribution in [-0.4, -0.2) is 68.8 Å². The van der Waals surface area contributed by atoms with Crippen LogP contribution in [0.5, 0.6) is 0 Å². The first-order valence-corrected chi connectivity index (χ1v) is 7.61. The standard InChI is InChI=1S/C14H18N6O2/c21-13(12-17-14-15-4-3-7-20(14)18-12)16-10-8-22-9-11(10)19-5-1-2-6-19/h3-4,7,10-11H,1-2,5-6,8-9H2,(H,16,21)/t10-,11-/m1/s1. The summed E-state index contributed by atoms with van der Waals surface area (Å²) in [5.74, 6) is 0.294. The average Bonchev–Trinajstić information content (AvgIpc) is 3.26. The Balaban J connectivity index is 1.48. The minimum absolute atomic E-state index is 0.00910. The number of hydrogen-bond donors (Lipinski definition) is 1. The van der Waals surface area contributed by atoms with Crippen molar-refractivity contribution in [2.75, 3.05) is 26.3 Å². The molecule has 8 nitrogen and oxygen atoms in total. The van der Waals surface area contributed by atoms with E-state index in [1.807, 2.05) is 0 Å². The van der Waals surface area contributed by atoms with Gasteiger partial charge < -0.3 is 10.1 Å². The van der Waals surface area contributed by atoms with Gasteiger partial charge in [0, 0.05) is 12.4 Å². The third-order valence-corrected chi connectivity index (χ3v) is 4.30. The van der Waals surface area contributed by atoms with Gasteiger partial charge in [0.15, 0.2) is 0 Å². The van der Waals surface area contributed by atoms with Crippen molar-refractivity contribution in [2.45, 2.75) is 24.9 Å². The second kappa shape index (κ2) is 5.62. The third-order valence-electron chi connectivity index (χ3n) is 4.30. The molecule has 2 aromatic heterocycles. The SMILES string of the molecule is O=C(N[C@@H]1COC[C@H]1N1CCCC1)c1nc2ncccn2n1. The summed E-state index contributed by atoms with van der Waals surface area (Å²) in [5, 5.41) is 7.17. The summed E-state index contributed by atoms with van der Waals surface area (Å²) in [6.07, 6.45) is 5.78. The van der Waals surface area contributed by atoms with Crippen LogP contribution in [0, 0.1) is 0 Å². The summed E-state index contributed by atoms with van der Waals surface area (Å²) >= 11 is 0. The van der Waals surface area contributed by atoms with E-state index in [1.54, 1.807) is 18.5 Å². The van der Waals surface area contributed by atoms with E-state index in [4.69, 9.17) is 4.74 Å². The molecule has 1 N–H and O–H groups in total. The van der Waals surface area contributed by atoms with Gasteiger partial charge in [-0.05, 0) is 32.0 Å². The number of rotatable bonds is 3. The Bertz CT molecular complexity index is 648. The lowest BCUT2D eigenvalue weighted by Gasteiger charge is -2.27. The van der Waals surface area contributed by atoms with Crippen molar-refractivity contribution in [2.24, 2.45) is 0 Å². The van der Waals surface area contributed by atoms with Crippen LogP contribution < -0.4 is 5.32 Å². The maximum absolute atomic E-state index is 12.4. The van der Waals surface area contributed by atoms with Crippen molar-refractivity contribution in [1.82, 2.24) is 29.8 Å². The van der Waals surface area contributed by atoms with E-state index in [0.29, 0.717) is 19.0 Å². The number of nitrogens with one attached hydrogen (secondary N) is 1. The second-order valence-corrected chi connectivity index (χ2v) is 5.73. The summed E-state index contributed by atoms with van der Waals surface area (Å²) in [6.45, 7) is 3.37. The first kappa shape index (κ1) is 13.6. The molecule has 0 saturated carbocycles. The highest BCUT2D eigenvalue weighted by molar-refractivity contribution is 5.91. The van der Waals surface area contributed by atoms with Gasteiger partial charge in [0.05, 0.1) is 25.3 Å². The monoisotopic (exact) mass is 302 g/mol. The fraction of sp³-hybridized carbons (Fsp3) is 0.571. The molecule has 0 unspecified atom stereocenters. The van der Waals surface area contributed by atoms with Crippen molar-refractivity contribution in [3.05, 3.63) is 24.3 Å². The van der Waals surface area contributed by atoms with E-state index >= 15 is 0 Å².